The van der Waals surface area contributed by atoms with Gasteiger partial charge in [-0.15, -0.1) is 0 Å². The van der Waals surface area contributed by atoms with Crippen LogP contribution in [-0.4, -0.2) is 26.9 Å². The predicted octanol–water partition coefficient (Wildman–Crippen LogP) is 2.77. The molecule has 96 valence electrons. The molecule has 0 aromatic heterocycles. The topological polar surface area (TPSA) is 30.5 Å². The van der Waals surface area contributed by atoms with Crippen LogP contribution in [0.15, 0.2) is 24.3 Å². The van der Waals surface area contributed by atoms with Crippen molar-refractivity contribution in [1.82, 2.24) is 5.32 Å². The maximum atomic E-state index is 5.42. The second-order valence-corrected chi connectivity index (χ2v) is 4.02. The van der Waals surface area contributed by atoms with Gasteiger partial charge in [0.05, 0.1) is 6.61 Å². The van der Waals surface area contributed by atoms with E-state index >= 15 is 0 Å². The van der Waals surface area contributed by atoms with E-state index < -0.39 is 0 Å². The molecular formula is C14H23NO2. The van der Waals surface area contributed by atoms with E-state index in [0.717, 1.165) is 25.3 Å². The summed E-state index contributed by atoms with van der Waals surface area (Å²) < 4.78 is 10.4. The molecule has 0 saturated heterocycles. The summed E-state index contributed by atoms with van der Waals surface area (Å²) in [5, 5.41) is 3.46. The highest BCUT2D eigenvalue weighted by Crippen LogP contribution is 2.17. The standard InChI is InChI=1S/C14H23NO2/c1-4-17-14-8-6-13(7-9-14)12(2)15-10-5-11-16-3/h6-9,12,15H,4-5,10-11H2,1-3H3/t12-/m1/s1. The van der Waals surface area contributed by atoms with Crippen molar-refractivity contribution in [2.75, 3.05) is 26.9 Å². The summed E-state index contributed by atoms with van der Waals surface area (Å²) in [6.45, 7) is 6.66. The summed E-state index contributed by atoms with van der Waals surface area (Å²) in [4.78, 5) is 0. The van der Waals surface area contributed by atoms with Crippen molar-refractivity contribution >= 4 is 0 Å². The first-order chi connectivity index (χ1) is 8.27. The van der Waals surface area contributed by atoms with Crippen LogP contribution >= 0.6 is 0 Å². The van der Waals surface area contributed by atoms with Gasteiger partial charge >= 0.3 is 0 Å². The van der Waals surface area contributed by atoms with Crippen molar-refractivity contribution in [1.29, 1.82) is 0 Å². The Bertz CT molecular complexity index is 298. The Morgan fingerprint density at radius 3 is 2.53 bits per heavy atom. The van der Waals surface area contributed by atoms with Crippen molar-refractivity contribution in [2.24, 2.45) is 0 Å². The van der Waals surface area contributed by atoms with E-state index in [1.54, 1.807) is 7.11 Å². The Hall–Kier alpha value is -1.06. The Morgan fingerprint density at radius 2 is 1.94 bits per heavy atom. The fourth-order valence-corrected chi connectivity index (χ4v) is 1.67. The molecule has 1 aromatic carbocycles. The molecule has 17 heavy (non-hydrogen) atoms. The molecule has 0 fully saturated rings. The van der Waals surface area contributed by atoms with Gasteiger partial charge in [-0.2, -0.15) is 0 Å². The fourth-order valence-electron chi connectivity index (χ4n) is 1.67. The lowest BCUT2D eigenvalue weighted by Gasteiger charge is -2.14. The van der Waals surface area contributed by atoms with Crippen LogP contribution in [0.1, 0.15) is 31.9 Å². The molecule has 0 aliphatic heterocycles. The largest absolute Gasteiger partial charge is 0.494 e. The Kier molecular flexibility index (Phi) is 6.67. The van der Waals surface area contributed by atoms with Crippen LogP contribution in [0.4, 0.5) is 0 Å². The molecule has 0 unspecified atom stereocenters. The van der Waals surface area contributed by atoms with Gasteiger partial charge in [0.25, 0.3) is 0 Å². The Labute approximate surface area is 104 Å². The summed E-state index contributed by atoms with van der Waals surface area (Å²) in [5.74, 6) is 0.933. The van der Waals surface area contributed by atoms with Crippen LogP contribution in [0, 0.1) is 0 Å². The molecule has 3 nitrogen and oxygen atoms in total. The van der Waals surface area contributed by atoms with E-state index in [-0.39, 0.29) is 0 Å². The quantitative estimate of drug-likeness (QED) is 0.705. The molecule has 1 aromatic rings. The molecule has 0 heterocycles. The first kappa shape index (κ1) is 14.0. The highest BCUT2D eigenvalue weighted by atomic mass is 16.5. The van der Waals surface area contributed by atoms with E-state index in [9.17, 15) is 0 Å². The van der Waals surface area contributed by atoms with E-state index in [4.69, 9.17) is 9.47 Å². The molecule has 1 N–H and O–H groups in total. The zero-order valence-corrected chi connectivity index (χ0v) is 11.0. The van der Waals surface area contributed by atoms with Gasteiger partial charge in [-0.25, -0.2) is 0 Å². The van der Waals surface area contributed by atoms with E-state index in [1.165, 1.54) is 5.56 Å². The highest BCUT2D eigenvalue weighted by Gasteiger charge is 2.04. The molecule has 0 amide bonds. The molecular weight excluding hydrogens is 214 g/mol. The molecule has 0 saturated carbocycles. The van der Waals surface area contributed by atoms with Crippen LogP contribution < -0.4 is 10.1 Å². The third-order valence-corrected chi connectivity index (χ3v) is 2.67. The van der Waals surface area contributed by atoms with Crippen LogP contribution in [0.5, 0.6) is 5.75 Å². The second kappa shape index (κ2) is 8.09. The summed E-state index contributed by atoms with van der Waals surface area (Å²) in [5.41, 5.74) is 1.28. The minimum Gasteiger partial charge on any atom is -0.494 e. The first-order valence-corrected chi connectivity index (χ1v) is 6.23. The number of methoxy groups -OCH3 is 1. The number of rotatable bonds is 8. The van der Waals surface area contributed by atoms with Crippen LogP contribution in [0.2, 0.25) is 0 Å². The van der Waals surface area contributed by atoms with Gasteiger partial charge in [-0.1, -0.05) is 12.1 Å². The van der Waals surface area contributed by atoms with Gasteiger partial charge in [0.15, 0.2) is 0 Å². The van der Waals surface area contributed by atoms with E-state index in [1.807, 2.05) is 19.1 Å². The molecule has 0 radical (unpaired) electrons. The average molecular weight is 237 g/mol. The van der Waals surface area contributed by atoms with Gasteiger partial charge in [-0.05, 0) is 44.5 Å². The molecule has 1 rings (SSSR count). The van der Waals surface area contributed by atoms with Crippen LogP contribution in [0.25, 0.3) is 0 Å². The zero-order chi connectivity index (χ0) is 12.5. The van der Waals surface area contributed by atoms with Crippen molar-refractivity contribution < 1.29 is 9.47 Å². The Balaban J connectivity index is 2.37. The van der Waals surface area contributed by atoms with E-state index in [2.05, 4.69) is 24.4 Å². The predicted molar refractivity (Wildman–Crippen MR) is 70.5 cm³/mol. The summed E-state index contributed by atoms with van der Waals surface area (Å²) >= 11 is 0. The van der Waals surface area contributed by atoms with Crippen molar-refractivity contribution in [3.05, 3.63) is 29.8 Å². The van der Waals surface area contributed by atoms with Crippen molar-refractivity contribution in [3.63, 3.8) is 0 Å². The average Bonchev–Trinajstić information content (AvgIpc) is 2.36. The molecule has 0 aliphatic rings. The normalized spacial score (nSPS) is 12.4. The lowest BCUT2D eigenvalue weighted by Crippen LogP contribution is -2.20. The summed E-state index contributed by atoms with van der Waals surface area (Å²) in [7, 11) is 1.73. The molecule has 0 aliphatic carbocycles. The first-order valence-electron chi connectivity index (χ1n) is 6.23. The minimum absolute atomic E-state index is 0.363. The highest BCUT2D eigenvalue weighted by molar-refractivity contribution is 5.28. The zero-order valence-electron chi connectivity index (χ0n) is 11.0. The van der Waals surface area contributed by atoms with Crippen molar-refractivity contribution in [2.45, 2.75) is 26.3 Å². The molecule has 0 spiro atoms. The lowest BCUT2D eigenvalue weighted by atomic mass is 10.1. The van der Waals surface area contributed by atoms with E-state index in [0.29, 0.717) is 12.6 Å². The number of hydrogen-bond donors (Lipinski definition) is 1. The summed E-state index contributed by atoms with van der Waals surface area (Å²) in [6, 6.07) is 8.62. The Morgan fingerprint density at radius 1 is 1.24 bits per heavy atom. The van der Waals surface area contributed by atoms with Crippen LogP contribution in [0.3, 0.4) is 0 Å². The smallest absolute Gasteiger partial charge is 0.119 e. The van der Waals surface area contributed by atoms with Gasteiger partial charge in [0.1, 0.15) is 5.75 Å². The third kappa shape index (κ3) is 5.20. The second-order valence-electron chi connectivity index (χ2n) is 4.02. The third-order valence-electron chi connectivity index (χ3n) is 2.67. The number of hydrogen-bond acceptors (Lipinski definition) is 3. The van der Waals surface area contributed by atoms with Gasteiger partial charge in [-0.3, -0.25) is 0 Å². The molecule has 0 bridgehead atoms. The maximum absolute atomic E-state index is 5.42. The monoisotopic (exact) mass is 237 g/mol. The summed E-state index contributed by atoms with van der Waals surface area (Å²) in [6.07, 6.45) is 1.04. The molecule has 1 atom stereocenters. The minimum atomic E-state index is 0.363. The van der Waals surface area contributed by atoms with Crippen molar-refractivity contribution in [3.8, 4) is 5.75 Å². The fraction of sp³-hybridized carbons (Fsp3) is 0.571. The van der Waals surface area contributed by atoms with Gasteiger partial charge in [0.2, 0.25) is 0 Å². The maximum Gasteiger partial charge on any atom is 0.119 e. The van der Waals surface area contributed by atoms with Gasteiger partial charge < -0.3 is 14.8 Å². The van der Waals surface area contributed by atoms with Crippen LogP contribution in [-0.2, 0) is 4.74 Å². The van der Waals surface area contributed by atoms with Gasteiger partial charge in [0, 0.05) is 19.8 Å². The number of nitrogens with one attached hydrogen (secondary N) is 1. The lowest BCUT2D eigenvalue weighted by molar-refractivity contribution is 0.193. The number of benzene rings is 1. The number of ether oxygens (including phenoxy) is 2. The molecule has 3 heteroatoms. The SMILES string of the molecule is CCOc1ccc([C@@H](C)NCCCOC)cc1.